The van der Waals surface area contributed by atoms with Crippen LogP contribution in [0.15, 0.2) is 5.10 Å². The predicted molar refractivity (Wildman–Crippen MR) is 116 cm³/mol. The number of nitrogens with zero attached hydrogens (tertiary/aromatic N) is 1. The van der Waals surface area contributed by atoms with Crippen LogP contribution in [0.2, 0.25) is 0 Å². The Kier molecular flexibility index (Phi) is 4.38. The third kappa shape index (κ3) is 3.31. The summed E-state index contributed by atoms with van der Waals surface area (Å²) in [6.07, 6.45) is 15.1. The van der Waals surface area contributed by atoms with Gasteiger partial charge in [0, 0.05) is 11.3 Å². The normalized spacial score (nSPS) is 48.1. The zero-order valence-electron chi connectivity index (χ0n) is 18.4. The van der Waals surface area contributed by atoms with Crippen molar-refractivity contribution in [1.29, 1.82) is 0 Å². The first-order valence-corrected chi connectivity index (χ1v) is 12.5. The molecule has 8 saturated carbocycles. The van der Waals surface area contributed by atoms with Crippen LogP contribution in [0, 0.1) is 40.9 Å². The average Bonchev–Trinajstić information content (AvgIpc) is 2.63. The summed E-state index contributed by atoms with van der Waals surface area (Å²) in [4.78, 5) is 25.9. The number of hydrogen-bond donors (Lipinski definition) is 2. The van der Waals surface area contributed by atoms with E-state index in [1.54, 1.807) is 0 Å². The van der Waals surface area contributed by atoms with Crippen molar-refractivity contribution in [2.45, 2.75) is 95.9 Å². The fraction of sp³-hybridized carbons (Fsp3) is 0.880. The van der Waals surface area contributed by atoms with Crippen LogP contribution in [0.4, 0.5) is 0 Å². The van der Waals surface area contributed by atoms with Gasteiger partial charge in [-0.1, -0.05) is 0 Å². The van der Waals surface area contributed by atoms with E-state index in [4.69, 9.17) is 0 Å². The van der Waals surface area contributed by atoms with Crippen molar-refractivity contribution >= 4 is 17.5 Å². The van der Waals surface area contributed by atoms with E-state index in [-0.39, 0.29) is 22.8 Å². The summed E-state index contributed by atoms with van der Waals surface area (Å²) in [6.45, 7) is 1.87. The summed E-state index contributed by atoms with van der Waals surface area (Å²) in [5.41, 5.74) is 3.46. The van der Waals surface area contributed by atoms with E-state index < -0.39 is 0 Å². The highest BCUT2D eigenvalue weighted by molar-refractivity contribution is 6.00. The van der Waals surface area contributed by atoms with E-state index in [2.05, 4.69) is 15.8 Å². The van der Waals surface area contributed by atoms with E-state index in [1.807, 2.05) is 6.92 Å². The van der Waals surface area contributed by atoms with Gasteiger partial charge < -0.3 is 5.32 Å². The zero-order valence-corrected chi connectivity index (χ0v) is 18.4. The van der Waals surface area contributed by atoms with Crippen LogP contribution in [0.25, 0.3) is 0 Å². The molecule has 8 aliphatic rings. The maximum absolute atomic E-state index is 13.1. The molecular formula is C25H37N3O2. The molecule has 0 heterocycles. The van der Waals surface area contributed by atoms with Crippen molar-refractivity contribution < 1.29 is 9.59 Å². The predicted octanol–water partition coefficient (Wildman–Crippen LogP) is 4.17. The van der Waals surface area contributed by atoms with Crippen molar-refractivity contribution in [3.8, 4) is 0 Å². The monoisotopic (exact) mass is 411 g/mol. The minimum Gasteiger partial charge on any atom is -0.350 e. The molecule has 0 radical (unpaired) electrons. The van der Waals surface area contributed by atoms with Crippen LogP contribution in [0.5, 0.6) is 0 Å². The Hall–Kier alpha value is -1.39. The van der Waals surface area contributed by atoms with Crippen LogP contribution in [-0.4, -0.2) is 23.1 Å². The quantitative estimate of drug-likeness (QED) is 0.526. The standard InChI is InChI=1S/C25H37N3O2/c1-15(2-22(29)26-25-12-19-6-20(13-25)8-21(7-19)14-25)27-28-23(30)24-9-16-3-17(10-24)5-18(4-16)11-24/h16-21H,2-14H2,1H3,(H,26,29)(H,28,30). The lowest BCUT2D eigenvalue weighted by atomic mass is 9.49. The Bertz CT molecular complexity index is 715. The molecule has 0 aromatic rings. The highest BCUT2D eigenvalue weighted by atomic mass is 16.2. The molecular weight excluding hydrogens is 374 g/mol. The molecule has 0 unspecified atom stereocenters. The maximum Gasteiger partial charge on any atom is 0.246 e. The molecule has 0 aromatic carbocycles. The molecule has 0 spiro atoms. The summed E-state index contributed by atoms with van der Waals surface area (Å²) < 4.78 is 0. The van der Waals surface area contributed by atoms with Crippen molar-refractivity contribution in [3.05, 3.63) is 0 Å². The van der Waals surface area contributed by atoms with Gasteiger partial charge in [-0.3, -0.25) is 9.59 Å². The molecule has 164 valence electrons. The largest absolute Gasteiger partial charge is 0.350 e. The van der Waals surface area contributed by atoms with Gasteiger partial charge in [0.25, 0.3) is 0 Å². The van der Waals surface area contributed by atoms with Gasteiger partial charge in [0.2, 0.25) is 11.8 Å². The number of rotatable bonds is 5. The third-order valence-corrected chi connectivity index (χ3v) is 9.73. The lowest BCUT2D eigenvalue weighted by molar-refractivity contribution is -0.146. The average molecular weight is 412 g/mol. The fourth-order valence-electron chi connectivity index (χ4n) is 9.53. The van der Waals surface area contributed by atoms with Gasteiger partial charge in [-0.25, -0.2) is 5.43 Å². The number of nitrogens with one attached hydrogen (secondary N) is 2. The topological polar surface area (TPSA) is 70.6 Å². The molecule has 5 nitrogen and oxygen atoms in total. The number of hydrazone groups is 1. The summed E-state index contributed by atoms with van der Waals surface area (Å²) in [5.74, 6) is 4.92. The van der Waals surface area contributed by atoms with Gasteiger partial charge >= 0.3 is 0 Å². The van der Waals surface area contributed by atoms with Gasteiger partial charge in [-0.2, -0.15) is 5.10 Å². The van der Waals surface area contributed by atoms with Gasteiger partial charge in [-0.15, -0.1) is 0 Å². The molecule has 0 aliphatic heterocycles. The molecule has 8 aliphatic carbocycles. The lowest BCUT2D eigenvalue weighted by Crippen LogP contribution is -2.60. The van der Waals surface area contributed by atoms with Crippen molar-refractivity contribution in [1.82, 2.24) is 10.7 Å². The van der Waals surface area contributed by atoms with Gasteiger partial charge in [0.05, 0.1) is 11.8 Å². The van der Waals surface area contributed by atoms with E-state index in [0.717, 1.165) is 60.5 Å². The number of hydrogen-bond acceptors (Lipinski definition) is 3. The molecule has 2 N–H and O–H groups in total. The second-order valence-electron chi connectivity index (χ2n) is 12.4. The molecule has 0 saturated heterocycles. The van der Waals surface area contributed by atoms with Crippen molar-refractivity contribution in [3.63, 3.8) is 0 Å². The first kappa shape index (κ1) is 19.3. The van der Waals surface area contributed by atoms with E-state index in [1.165, 1.54) is 57.8 Å². The maximum atomic E-state index is 13.1. The number of carbonyl (C=O) groups is 2. The van der Waals surface area contributed by atoms with E-state index >= 15 is 0 Å². The van der Waals surface area contributed by atoms with Crippen molar-refractivity contribution in [2.75, 3.05) is 0 Å². The Labute approximate surface area is 180 Å². The molecule has 2 amide bonds. The molecule has 30 heavy (non-hydrogen) atoms. The smallest absolute Gasteiger partial charge is 0.246 e. The van der Waals surface area contributed by atoms with Crippen LogP contribution < -0.4 is 10.7 Å². The zero-order chi connectivity index (χ0) is 20.5. The minimum atomic E-state index is -0.181. The molecule has 8 rings (SSSR count). The Morgan fingerprint density at radius 1 is 0.767 bits per heavy atom. The number of amides is 2. The second kappa shape index (κ2) is 6.80. The van der Waals surface area contributed by atoms with E-state index in [9.17, 15) is 9.59 Å². The third-order valence-electron chi connectivity index (χ3n) is 9.73. The lowest BCUT2D eigenvalue weighted by Gasteiger charge is -2.56. The van der Waals surface area contributed by atoms with Crippen molar-refractivity contribution in [2.24, 2.45) is 46.0 Å². The Balaban J connectivity index is 1.05. The highest BCUT2D eigenvalue weighted by Crippen LogP contribution is 2.60. The number of carbonyl (C=O) groups excluding carboxylic acids is 2. The molecule has 0 atom stereocenters. The Morgan fingerprint density at radius 3 is 1.67 bits per heavy atom. The van der Waals surface area contributed by atoms with Crippen LogP contribution in [0.3, 0.4) is 0 Å². The summed E-state index contributed by atoms with van der Waals surface area (Å²) in [6, 6.07) is 0. The first-order valence-electron chi connectivity index (χ1n) is 12.5. The summed E-state index contributed by atoms with van der Waals surface area (Å²) in [7, 11) is 0. The van der Waals surface area contributed by atoms with E-state index in [0.29, 0.717) is 6.42 Å². The van der Waals surface area contributed by atoms with Crippen LogP contribution >= 0.6 is 0 Å². The van der Waals surface area contributed by atoms with Gasteiger partial charge in [0.15, 0.2) is 0 Å². The van der Waals surface area contributed by atoms with Crippen LogP contribution in [-0.2, 0) is 9.59 Å². The summed E-state index contributed by atoms with van der Waals surface area (Å²) in [5, 5.41) is 7.79. The molecule has 8 bridgehead atoms. The molecule has 5 heteroatoms. The SMILES string of the molecule is CC(CC(=O)NC12CC3CC(CC(C3)C1)C2)=NNC(=O)C12CC3CC(CC(C3)C1)C2. The fourth-order valence-corrected chi connectivity index (χ4v) is 9.53. The highest BCUT2D eigenvalue weighted by Gasteiger charge is 2.55. The Morgan fingerprint density at radius 2 is 1.20 bits per heavy atom. The molecule has 0 aromatic heterocycles. The summed E-state index contributed by atoms with van der Waals surface area (Å²) >= 11 is 0. The second-order valence-corrected chi connectivity index (χ2v) is 12.4. The minimum absolute atomic E-state index is 0.0502. The van der Waals surface area contributed by atoms with Crippen LogP contribution in [0.1, 0.15) is 90.4 Å². The first-order chi connectivity index (χ1) is 14.4. The van der Waals surface area contributed by atoms with Gasteiger partial charge in [-0.05, 0) is 119 Å². The molecule has 8 fully saturated rings. The van der Waals surface area contributed by atoms with Gasteiger partial charge in [0.1, 0.15) is 0 Å².